The van der Waals surface area contributed by atoms with E-state index in [9.17, 15) is 16.8 Å². The largest absolute Gasteiger partial charge is 0.229 e. The third-order valence-electron chi connectivity index (χ3n) is 2.23. The zero-order valence-electron chi connectivity index (χ0n) is 8.28. The van der Waals surface area contributed by atoms with Crippen LogP contribution in [0.15, 0.2) is 0 Å². The Morgan fingerprint density at radius 2 is 1.64 bits per heavy atom. The van der Waals surface area contributed by atoms with Gasteiger partial charge in [0.1, 0.15) is 9.84 Å². The number of hydrogen-bond acceptors (Lipinski definition) is 4. The summed E-state index contributed by atoms with van der Waals surface area (Å²) in [6.07, 6.45) is 3.81. The second-order valence-electron chi connectivity index (χ2n) is 4.16. The molecule has 0 aromatic rings. The molecule has 0 unspecified atom stereocenters. The summed E-state index contributed by atoms with van der Waals surface area (Å²) >= 11 is 0. The Hall–Kier alpha value is -0.140. The van der Waals surface area contributed by atoms with Crippen LogP contribution in [0.4, 0.5) is 0 Å². The molecule has 0 bridgehead atoms. The summed E-state index contributed by atoms with van der Waals surface area (Å²) < 4.78 is 46.0. The third-order valence-corrected chi connectivity index (χ3v) is 4.04. The molecule has 7 heteroatoms. The molecule has 84 valence electrons. The van der Waals surface area contributed by atoms with Crippen molar-refractivity contribution in [3.05, 3.63) is 0 Å². The molecule has 14 heavy (non-hydrogen) atoms. The van der Waals surface area contributed by atoms with Crippen molar-refractivity contribution >= 4 is 19.9 Å². The van der Waals surface area contributed by atoms with Crippen molar-refractivity contribution in [1.29, 1.82) is 0 Å². The first kappa shape index (κ1) is 11.9. The molecular weight excluding hydrogens is 226 g/mol. The van der Waals surface area contributed by atoms with Crippen molar-refractivity contribution < 1.29 is 16.8 Å². The van der Waals surface area contributed by atoms with Crippen LogP contribution in [0.2, 0.25) is 0 Å². The van der Waals surface area contributed by atoms with Gasteiger partial charge in [0, 0.05) is 12.8 Å². The summed E-state index contributed by atoms with van der Waals surface area (Å²) in [6.45, 7) is 0.235. The highest BCUT2D eigenvalue weighted by atomic mass is 32.2. The minimum Gasteiger partial charge on any atom is -0.229 e. The zero-order valence-corrected chi connectivity index (χ0v) is 9.91. The van der Waals surface area contributed by atoms with Crippen LogP contribution in [0.3, 0.4) is 0 Å². The van der Waals surface area contributed by atoms with E-state index in [4.69, 9.17) is 0 Å². The second kappa shape index (κ2) is 3.46. The molecule has 0 radical (unpaired) electrons. The molecule has 1 N–H and O–H groups in total. The molecule has 0 saturated heterocycles. The predicted octanol–water partition coefficient (Wildman–Crippen LogP) is -0.640. The topological polar surface area (TPSA) is 80.3 Å². The van der Waals surface area contributed by atoms with Crippen molar-refractivity contribution in [3.8, 4) is 0 Å². The Morgan fingerprint density at radius 1 is 1.14 bits per heavy atom. The Kier molecular flexibility index (Phi) is 2.95. The van der Waals surface area contributed by atoms with Gasteiger partial charge in [0.15, 0.2) is 0 Å². The second-order valence-corrected chi connectivity index (χ2v) is 8.14. The number of sulfone groups is 1. The molecule has 1 aliphatic carbocycles. The molecule has 0 spiro atoms. The first-order chi connectivity index (χ1) is 6.12. The monoisotopic (exact) mass is 241 g/mol. The van der Waals surface area contributed by atoms with E-state index >= 15 is 0 Å². The molecule has 0 aliphatic heterocycles. The van der Waals surface area contributed by atoms with Crippen molar-refractivity contribution in [2.45, 2.75) is 12.8 Å². The SMILES string of the molecule is CS(=O)(=O)CC1(CNS(C)(=O)=O)CC1. The van der Waals surface area contributed by atoms with Crippen LogP contribution in [0.5, 0.6) is 0 Å². The Labute approximate surface area is 84.9 Å². The summed E-state index contributed by atoms with van der Waals surface area (Å²) in [7, 11) is -6.24. The van der Waals surface area contributed by atoms with Crippen LogP contribution in [0.1, 0.15) is 12.8 Å². The highest BCUT2D eigenvalue weighted by Gasteiger charge is 2.45. The molecule has 1 aliphatic rings. The zero-order chi connectivity index (χ0) is 11.0. The van der Waals surface area contributed by atoms with Crippen molar-refractivity contribution in [1.82, 2.24) is 4.72 Å². The van der Waals surface area contributed by atoms with E-state index in [2.05, 4.69) is 4.72 Å². The van der Waals surface area contributed by atoms with Crippen LogP contribution < -0.4 is 4.72 Å². The Bertz CT molecular complexity index is 405. The van der Waals surface area contributed by atoms with Crippen LogP contribution in [-0.4, -0.2) is 41.6 Å². The van der Waals surface area contributed by atoms with Crippen molar-refractivity contribution in [2.75, 3.05) is 24.8 Å². The summed E-state index contributed by atoms with van der Waals surface area (Å²) in [6, 6.07) is 0. The van der Waals surface area contributed by atoms with Gasteiger partial charge in [0.2, 0.25) is 10.0 Å². The fourth-order valence-corrected chi connectivity index (χ4v) is 3.46. The van der Waals surface area contributed by atoms with Crippen LogP contribution in [0, 0.1) is 5.41 Å². The first-order valence-corrected chi connectivity index (χ1v) is 8.20. The van der Waals surface area contributed by atoms with Gasteiger partial charge in [-0.25, -0.2) is 21.6 Å². The van der Waals surface area contributed by atoms with Gasteiger partial charge in [-0.15, -0.1) is 0 Å². The van der Waals surface area contributed by atoms with E-state index in [1.54, 1.807) is 0 Å². The van der Waals surface area contributed by atoms with Gasteiger partial charge in [0.05, 0.1) is 12.0 Å². The smallest absolute Gasteiger partial charge is 0.208 e. The molecule has 0 amide bonds. The normalized spacial score (nSPS) is 20.7. The van der Waals surface area contributed by atoms with E-state index in [1.165, 1.54) is 6.26 Å². The van der Waals surface area contributed by atoms with Gasteiger partial charge in [0.25, 0.3) is 0 Å². The molecule has 0 heterocycles. The molecule has 5 nitrogen and oxygen atoms in total. The average molecular weight is 241 g/mol. The van der Waals surface area contributed by atoms with E-state index in [-0.39, 0.29) is 17.7 Å². The van der Waals surface area contributed by atoms with Crippen molar-refractivity contribution in [3.63, 3.8) is 0 Å². The maximum Gasteiger partial charge on any atom is 0.208 e. The maximum atomic E-state index is 11.0. The molecule has 1 saturated carbocycles. The molecule has 0 aromatic carbocycles. The predicted molar refractivity (Wildman–Crippen MR) is 54.2 cm³/mol. The summed E-state index contributed by atoms with van der Waals surface area (Å²) in [5.74, 6) is 0.0719. The summed E-state index contributed by atoms with van der Waals surface area (Å²) in [5.41, 5.74) is -0.337. The lowest BCUT2D eigenvalue weighted by Gasteiger charge is -2.13. The van der Waals surface area contributed by atoms with E-state index in [1.807, 2.05) is 0 Å². The fourth-order valence-electron chi connectivity index (χ4n) is 1.39. The number of hydrogen-bond donors (Lipinski definition) is 1. The van der Waals surface area contributed by atoms with Gasteiger partial charge >= 0.3 is 0 Å². The number of nitrogens with one attached hydrogen (secondary N) is 1. The van der Waals surface area contributed by atoms with E-state index < -0.39 is 19.9 Å². The maximum absolute atomic E-state index is 11.0. The van der Waals surface area contributed by atoms with Gasteiger partial charge < -0.3 is 0 Å². The summed E-state index contributed by atoms with van der Waals surface area (Å²) in [4.78, 5) is 0. The van der Waals surface area contributed by atoms with E-state index in [0.717, 1.165) is 19.1 Å². The van der Waals surface area contributed by atoms with Crippen LogP contribution >= 0.6 is 0 Å². The number of sulfonamides is 1. The van der Waals surface area contributed by atoms with Crippen LogP contribution in [0.25, 0.3) is 0 Å². The highest BCUT2D eigenvalue weighted by molar-refractivity contribution is 7.90. The van der Waals surface area contributed by atoms with Gasteiger partial charge in [-0.3, -0.25) is 0 Å². The average Bonchev–Trinajstić information content (AvgIpc) is 2.60. The van der Waals surface area contributed by atoms with E-state index in [0.29, 0.717) is 0 Å². The molecule has 1 fully saturated rings. The van der Waals surface area contributed by atoms with Crippen molar-refractivity contribution in [2.24, 2.45) is 5.41 Å². The lowest BCUT2D eigenvalue weighted by atomic mass is 10.1. The first-order valence-electron chi connectivity index (χ1n) is 4.24. The minimum atomic E-state index is -3.22. The minimum absolute atomic E-state index is 0.0719. The third kappa shape index (κ3) is 4.39. The van der Waals surface area contributed by atoms with Gasteiger partial charge in [-0.2, -0.15) is 0 Å². The molecule has 0 atom stereocenters. The molecule has 1 rings (SSSR count). The molecular formula is C7H15NO4S2. The molecule has 0 aromatic heterocycles. The van der Waals surface area contributed by atoms with Gasteiger partial charge in [-0.05, 0) is 18.3 Å². The van der Waals surface area contributed by atoms with Crippen LogP contribution in [-0.2, 0) is 19.9 Å². The standard InChI is InChI=1S/C7H15NO4S2/c1-13(9,10)6-7(3-4-7)5-8-14(2,11)12/h8H,3-6H2,1-2H3. The Balaban J connectivity index is 2.53. The Morgan fingerprint density at radius 3 is 1.93 bits per heavy atom. The lowest BCUT2D eigenvalue weighted by Crippen LogP contribution is -2.32. The summed E-state index contributed by atoms with van der Waals surface area (Å²) in [5, 5.41) is 0. The number of rotatable bonds is 5. The fraction of sp³-hybridized carbons (Fsp3) is 1.00. The lowest BCUT2D eigenvalue weighted by molar-refractivity contribution is 0.521. The quantitative estimate of drug-likeness (QED) is 0.694. The van der Waals surface area contributed by atoms with Gasteiger partial charge in [-0.1, -0.05) is 0 Å². The highest BCUT2D eigenvalue weighted by Crippen LogP contribution is 2.46.